The van der Waals surface area contributed by atoms with E-state index < -0.39 is 5.60 Å². The summed E-state index contributed by atoms with van der Waals surface area (Å²) in [5, 5.41) is 13.5. The lowest BCUT2D eigenvalue weighted by Crippen LogP contribution is -2.36. The van der Waals surface area contributed by atoms with Crippen LogP contribution in [0.3, 0.4) is 0 Å². The Morgan fingerprint density at radius 3 is 2.70 bits per heavy atom. The first kappa shape index (κ1) is 14.2. The molecule has 0 amide bonds. The van der Waals surface area contributed by atoms with E-state index in [9.17, 15) is 5.11 Å². The highest BCUT2D eigenvalue weighted by molar-refractivity contribution is 5.80. The average Bonchev–Trinajstić information content (AvgIpc) is 2.77. The molecule has 20 heavy (non-hydrogen) atoms. The van der Waals surface area contributed by atoms with E-state index >= 15 is 0 Å². The smallest absolute Gasteiger partial charge is 0.252 e. The Hall–Kier alpha value is -2.21. The third-order valence-corrected chi connectivity index (χ3v) is 2.94. The second-order valence-corrected chi connectivity index (χ2v) is 4.67. The second-order valence-electron chi connectivity index (χ2n) is 4.67. The summed E-state index contributed by atoms with van der Waals surface area (Å²) in [6, 6.07) is 0. The van der Waals surface area contributed by atoms with E-state index in [0.717, 1.165) is 0 Å². The predicted molar refractivity (Wildman–Crippen MR) is 77.4 cm³/mol. The van der Waals surface area contributed by atoms with Crippen molar-refractivity contribution >= 4 is 17.0 Å². The van der Waals surface area contributed by atoms with Gasteiger partial charge in [-0.1, -0.05) is 12.2 Å². The molecule has 2 aromatic heterocycles. The molecule has 0 aliphatic rings. The summed E-state index contributed by atoms with van der Waals surface area (Å²) in [4.78, 5) is 12.4. The van der Waals surface area contributed by atoms with Crippen LogP contribution in [0.2, 0.25) is 0 Å². The topological polar surface area (TPSA) is 84.1 Å². The minimum absolute atomic E-state index is 0.309. The number of oxazole rings is 1. The van der Waals surface area contributed by atoms with Crippen molar-refractivity contribution in [2.24, 2.45) is 0 Å². The van der Waals surface area contributed by atoms with Crippen molar-refractivity contribution in [3.8, 4) is 0 Å². The molecule has 106 valence electrons. The molecule has 6 heteroatoms. The zero-order valence-electron chi connectivity index (χ0n) is 11.5. The van der Waals surface area contributed by atoms with Crippen LogP contribution < -0.4 is 5.32 Å². The normalized spacial score (nSPS) is 11.5. The molecule has 0 unspecified atom stereocenters. The summed E-state index contributed by atoms with van der Waals surface area (Å²) in [6.45, 7) is 9.38. The van der Waals surface area contributed by atoms with E-state index in [1.807, 2.05) is 0 Å². The molecule has 6 nitrogen and oxygen atoms in total. The zero-order valence-corrected chi connectivity index (χ0v) is 11.5. The van der Waals surface area contributed by atoms with E-state index in [2.05, 4.69) is 33.4 Å². The summed E-state index contributed by atoms with van der Waals surface area (Å²) in [6.07, 6.45) is 5.67. The minimum atomic E-state index is -0.945. The number of aromatic nitrogens is 3. The Labute approximate surface area is 117 Å². The van der Waals surface area contributed by atoms with Gasteiger partial charge in [0, 0.05) is 13.5 Å². The number of fused-ring (bicyclic) bond motifs is 1. The first-order chi connectivity index (χ1) is 9.58. The van der Waals surface area contributed by atoms with Gasteiger partial charge in [0.15, 0.2) is 17.2 Å². The van der Waals surface area contributed by atoms with Gasteiger partial charge in [-0.05, 0) is 12.8 Å². The molecular weight excluding hydrogens is 256 g/mol. The third-order valence-electron chi connectivity index (χ3n) is 2.94. The molecule has 0 saturated carbocycles. The number of hydrogen-bond donors (Lipinski definition) is 2. The molecule has 0 spiro atoms. The fourth-order valence-electron chi connectivity index (χ4n) is 2.00. The Morgan fingerprint density at radius 1 is 1.35 bits per heavy atom. The number of anilines is 1. The maximum atomic E-state index is 10.5. The number of aliphatic hydroxyl groups is 1. The lowest BCUT2D eigenvalue weighted by molar-refractivity contribution is 0.0599. The van der Waals surface area contributed by atoms with Gasteiger partial charge in [-0.2, -0.15) is 4.98 Å². The highest BCUT2D eigenvalue weighted by Crippen LogP contribution is 2.22. The van der Waals surface area contributed by atoms with E-state index in [0.29, 0.717) is 42.3 Å². The molecule has 0 fully saturated rings. The van der Waals surface area contributed by atoms with Crippen LogP contribution in [-0.4, -0.2) is 32.2 Å². The maximum absolute atomic E-state index is 10.5. The van der Waals surface area contributed by atoms with Crippen molar-refractivity contribution < 1.29 is 9.52 Å². The lowest BCUT2D eigenvalue weighted by Gasteiger charge is -2.26. The van der Waals surface area contributed by atoms with Gasteiger partial charge in [0.05, 0.1) is 5.60 Å². The summed E-state index contributed by atoms with van der Waals surface area (Å²) >= 11 is 0. The van der Waals surface area contributed by atoms with Crippen molar-refractivity contribution in [3.63, 3.8) is 0 Å². The van der Waals surface area contributed by atoms with Crippen molar-refractivity contribution in [1.82, 2.24) is 15.0 Å². The Bertz CT molecular complexity index is 611. The number of nitrogens with zero attached hydrogens (tertiary/aromatic N) is 3. The third kappa shape index (κ3) is 3.03. The minimum Gasteiger partial charge on any atom is -0.422 e. The Morgan fingerprint density at radius 2 is 2.05 bits per heavy atom. The predicted octanol–water partition coefficient (Wildman–Crippen LogP) is 2.22. The highest BCUT2D eigenvalue weighted by Gasteiger charge is 2.24. The molecule has 0 atom stereocenters. The molecule has 0 aliphatic heterocycles. The van der Waals surface area contributed by atoms with Gasteiger partial charge in [0.25, 0.3) is 5.71 Å². The molecular formula is C14H18N4O2. The molecule has 2 heterocycles. The number of rotatable bonds is 7. The molecule has 0 aliphatic carbocycles. The van der Waals surface area contributed by atoms with E-state index in [1.54, 1.807) is 19.1 Å². The van der Waals surface area contributed by atoms with E-state index in [4.69, 9.17) is 4.42 Å². The van der Waals surface area contributed by atoms with Gasteiger partial charge < -0.3 is 14.8 Å². The fourth-order valence-corrected chi connectivity index (χ4v) is 2.00. The van der Waals surface area contributed by atoms with Gasteiger partial charge in [-0.15, -0.1) is 13.2 Å². The van der Waals surface area contributed by atoms with Crippen LogP contribution in [0.5, 0.6) is 0 Å². The summed E-state index contributed by atoms with van der Waals surface area (Å²) in [5.41, 5.74) is 0.0417. The van der Waals surface area contributed by atoms with Crippen molar-refractivity contribution in [2.75, 3.05) is 11.9 Å². The molecule has 2 N–H and O–H groups in total. The average molecular weight is 274 g/mol. The summed E-state index contributed by atoms with van der Waals surface area (Å²) in [7, 11) is 0. The van der Waals surface area contributed by atoms with Gasteiger partial charge in [0.1, 0.15) is 6.33 Å². The zero-order chi connectivity index (χ0) is 14.6. The molecule has 0 bridgehead atoms. The Kier molecular flexibility index (Phi) is 4.14. The molecule has 2 rings (SSSR count). The maximum Gasteiger partial charge on any atom is 0.252 e. The molecule has 0 aromatic carbocycles. The van der Waals surface area contributed by atoms with Gasteiger partial charge in [-0.25, -0.2) is 9.97 Å². The lowest BCUT2D eigenvalue weighted by atomic mass is 9.95. The van der Waals surface area contributed by atoms with Crippen LogP contribution in [0.1, 0.15) is 18.7 Å². The first-order valence-corrected chi connectivity index (χ1v) is 6.34. The molecule has 2 aromatic rings. The highest BCUT2D eigenvalue weighted by atomic mass is 16.4. The SMILES string of the molecule is C=CCC(O)(CC=C)CNc1ncnc2oc(C)nc12. The largest absolute Gasteiger partial charge is 0.422 e. The van der Waals surface area contributed by atoms with Gasteiger partial charge in [0.2, 0.25) is 0 Å². The summed E-state index contributed by atoms with van der Waals surface area (Å²) < 4.78 is 5.34. The van der Waals surface area contributed by atoms with Crippen LogP contribution in [0.4, 0.5) is 5.82 Å². The number of nitrogens with one attached hydrogen (secondary N) is 1. The van der Waals surface area contributed by atoms with Crippen molar-refractivity contribution in [3.05, 3.63) is 37.5 Å². The standard InChI is InChI=1S/C14H18N4O2/c1-4-6-14(19,7-5-2)8-15-12-11-13(17-9-16-12)20-10(3)18-11/h4-5,9,19H,1-2,6-8H2,3H3,(H,15,16,17). The quantitative estimate of drug-likeness (QED) is 0.753. The van der Waals surface area contributed by atoms with Crippen LogP contribution in [0.25, 0.3) is 11.2 Å². The van der Waals surface area contributed by atoms with Crippen LogP contribution in [-0.2, 0) is 0 Å². The fraction of sp³-hybridized carbons (Fsp3) is 0.357. The molecule has 0 saturated heterocycles. The number of hydrogen-bond acceptors (Lipinski definition) is 6. The number of aryl methyl sites for hydroxylation is 1. The Balaban J connectivity index is 2.19. The van der Waals surface area contributed by atoms with Crippen molar-refractivity contribution in [1.29, 1.82) is 0 Å². The van der Waals surface area contributed by atoms with Crippen LogP contribution in [0, 0.1) is 6.92 Å². The van der Waals surface area contributed by atoms with E-state index in [1.165, 1.54) is 6.33 Å². The first-order valence-electron chi connectivity index (χ1n) is 6.34. The van der Waals surface area contributed by atoms with Crippen molar-refractivity contribution in [2.45, 2.75) is 25.4 Å². The van der Waals surface area contributed by atoms with Crippen LogP contribution in [0.15, 0.2) is 36.1 Å². The van der Waals surface area contributed by atoms with E-state index in [-0.39, 0.29) is 0 Å². The molecule has 0 radical (unpaired) electrons. The van der Waals surface area contributed by atoms with Gasteiger partial charge in [-0.3, -0.25) is 0 Å². The van der Waals surface area contributed by atoms with Crippen LogP contribution >= 0.6 is 0 Å². The summed E-state index contributed by atoms with van der Waals surface area (Å²) in [5.74, 6) is 1.06. The monoisotopic (exact) mass is 274 g/mol. The second kappa shape index (κ2) is 5.83. The van der Waals surface area contributed by atoms with Gasteiger partial charge >= 0.3 is 0 Å².